The second-order valence-electron chi connectivity index (χ2n) is 5.97. The number of nitrogens with zero attached hydrogens (tertiary/aromatic N) is 5. The number of benzene rings is 1. The van der Waals surface area contributed by atoms with E-state index >= 15 is 0 Å². The third-order valence-electron chi connectivity index (χ3n) is 4.20. The first-order valence-electron chi connectivity index (χ1n) is 8.65. The maximum atomic E-state index is 5.17. The van der Waals surface area contributed by atoms with Gasteiger partial charge in [0.05, 0.1) is 18.8 Å². The lowest BCUT2D eigenvalue weighted by molar-refractivity contribution is 0.398. The summed E-state index contributed by atoms with van der Waals surface area (Å²) in [6.45, 7) is 0. The Hall–Kier alpha value is -3.94. The molecule has 3 heterocycles. The maximum absolute atomic E-state index is 5.17. The number of pyridine rings is 1. The number of aromatic amines is 1. The molecule has 0 saturated carbocycles. The molecule has 0 spiro atoms. The Bertz CT molecular complexity index is 1160. The van der Waals surface area contributed by atoms with E-state index in [1.807, 2.05) is 47.3 Å². The zero-order chi connectivity index (χ0) is 19.3. The van der Waals surface area contributed by atoms with Crippen LogP contribution in [0.1, 0.15) is 11.4 Å². The number of ether oxygens (including phenoxy) is 1. The van der Waals surface area contributed by atoms with Crippen LogP contribution >= 0.6 is 0 Å². The second kappa shape index (κ2) is 7.75. The first-order valence-corrected chi connectivity index (χ1v) is 8.65. The Labute approximate surface area is 161 Å². The molecule has 0 aliphatic carbocycles. The van der Waals surface area contributed by atoms with Crippen LogP contribution in [-0.4, -0.2) is 44.7 Å². The van der Waals surface area contributed by atoms with Gasteiger partial charge in [0.2, 0.25) is 5.88 Å². The van der Waals surface area contributed by atoms with E-state index in [9.17, 15) is 0 Å². The van der Waals surface area contributed by atoms with Gasteiger partial charge >= 0.3 is 0 Å². The summed E-state index contributed by atoms with van der Waals surface area (Å²) >= 11 is 0. The Balaban J connectivity index is 1.58. The summed E-state index contributed by atoms with van der Waals surface area (Å²) in [6.07, 6.45) is 11.0. The van der Waals surface area contributed by atoms with Gasteiger partial charge in [0.25, 0.3) is 0 Å². The number of H-pyrrole nitrogens is 1. The predicted molar refractivity (Wildman–Crippen MR) is 110 cm³/mol. The molecule has 4 rings (SSSR count). The van der Waals surface area contributed by atoms with Crippen molar-refractivity contribution in [3.05, 3.63) is 66.5 Å². The molecule has 28 heavy (non-hydrogen) atoms. The molecule has 0 radical (unpaired) electrons. The highest BCUT2D eigenvalue weighted by Gasteiger charge is 2.10. The lowest BCUT2D eigenvalue weighted by atomic mass is 10.1. The summed E-state index contributed by atoms with van der Waals surface area (Å²) in [5, 5.41) is 11.4. The van der Waals surface area contributed by atoms with E-state index in [1.54, 1.807) is 38.8 Å². The quantitative estimate of drug-likeness (QED) is 0.414. The molecule has 0 aliphatic rings. The van der Waals surface area contributed by atoms with Gasteiger partial charge < -0.3 is 14.6 Å². The minimum atomic E-state index is 0.526. The predicted octanol–water partition coefficient (Wildman–Crippen LogP) is 3.28. The molecule has 140 valence electrons. The third-order valence-corrected chi connectivity index (χ3v) is 4.20. The molecular formula is C20H19N7O. The smallest absolute Gasteiger partial charge is 0.214 e. The zero-order valence-corrected chi connectivity index (χ0v) is 15.5. The molecule has 0 unspecified atom stereocenters. The average Bonchev–Trinajstić information content (AvgIpc) is 3.39. The molecule has 1 aromatic carbocycles. The van der Waals surface area contributed by atoms with E-state index in [4.69, 9.17) is 4.74 Å². The van der Waals surface area contributed by atoms with E-state index < -0.39 is 0 Å². The molecule has 0 saturated heterocycles. The minimum Gasteiger partial charge on any atom is -0.481 e. The number of aliphatic imine (C=N–C) groups is 1. The molecule has 0 aliphatic heterocycles. The molecule has 4 aromatic rings. The van der Waals surface area contributed by atoms with Gasteiger partial charge in [-0.25, -0.2) is 9.97 Å². The van der Waals surface area contributed by atoms with Crippen LogP contribution < -0.4 is 10.1 Å². The van der Waals surface area contributed by atoms with Gasteiger partial charge in [0.1, 0.15) is 0 Å². The van der Waals surface area contributed by atoms with E-state index in [-0.39, 0.29) is 0 Å². The van der Waals surface area contributed by atoms with Crippen molar-refractivity contribution in [1.82, 2.24) is 24.7 Å². The topological polar surface area (TPSA) is 93.0 Å². The SMILES string of the molecule is CN=C(Nc1ccnc(OC)c1)c1nccn1/C=C/c1ccc2cn[nH]c2c1. The van der Waals surface area contributed by atoms with E-state index in [1.165, 1.54) is 0 Å². The first kappa shape index (κ1) is 17.5. The van der Waals surface area contributed by atoms with Crippen molar-refractivity contribution >= 4 is 34.7 Å². The van der Waals surface area contributed by atoms with Crippen molar-refractivity contribution in [3.8, 4) is 5.88 Å². The number of hydrogen-bond acceptors (Lipinski definition) is 5. The lowest BCUT2D eigenvalue weighted by Crippen LogP contribution is -2.18. The molecular weight excluding hydrogens is 354 g/mol. The monoisotopic (exact) mass is 373 g/mol. The third kappa shape index (κ3) is 3.61. The molecule has 0 fully saturated rings. The van der Waals surface area contributed by atoms with Gasteiger partial charge in [0.15, 0.2) is 11.7 Å². The number of amidine groups is 1. The summed E-state index contributed by atoms with van der Waals surface area (Å²) in [4.78, 5) is 12.9. The van der Waals surface area contributed by atoms with Crippen molar-refractivity contribution in [3.63, 3.8) is 0 Å². The minimum absolute atomic E-state index is 0.526. The maximum Gasteiger partial charge on any atom is 0.214 e. The van der Waals surface area contributed by atoms with Crippen LogP contribution in [0, 0.1) is 0 Å². The fourth-order valence-corrected chi connectivity index (χ4v) is 2.79. The van der Waals surface area contributed by atoms with E-state index in [0.29, 0.717) is 17.5 Å². The van der Waals surface area contributed by atoms with Gasteiger partial charge in [-0.05, 0) is 23.8 Å². The molecule has 3 aromatic heterocycles. The molecule has 0 amide bonds. The van der Waals surface area contributed by atoms with Crippen molar-refractivity contribution in [2.24, 2.45) is 4.99 Å². The number of anilines is 1. The Kier molecular flexibility index (Phi) is 4.83. The highest BCUT2D eigenvalue weighted by molar-refractivity contribution is 6.06. The number of methoxy groups -OCH3 is 1. The first-order chi connectivity index (χ1) is 13.8. The Morgan fingerprint density at radius 1 is 1.21 bits per heavy atom. The number of hydrogen-bond donors (Lipinski definition) is 2. The van der Waals surface area contributed by atoms with Gasteiger partial charge in [-0.3, -0.25) is 10.1 Å². The van der Waals surface area contributed by atoms with Crippen molar-refractivity contribution in [2.75, 3.05) is 19.5 Å². The number of nitrogens with one attached hydrogen (secondary N) is 2. The standard InChI is InChI=1S/C20H19N7O/c1-21-19(25-16-5-7-22-18(12-16)28-2)20-23-8-10-27(20)9-6-14-3-4-15-13-24-26-17(15)11-14/h3-13H,1-2H3,(H,24,26)(H,21,22,25)/b9-6+. The number of rotatable bonds is 5. The van der Waals surface area contributed by atoms with Crippen LogP contribution in [0.4, 0.5) is 5.69 Å². The van der Waals surface area contributed by atoms with Crippen LogP contribution in [0.5, 0.6) is 5.88 Å². The highest BCUT2D eigenvalue weighted by atomic mass is 16.5. The Morgan fingerprint density at radius 2 is 2.14 bits per heavy atom. The van der Waals surface area contributed by atoms with E-state index in [0.717, 1.165) is 22.2 Å². The van der Waals surface area contributed by atoms with Crippen LogP contribution in [0.25, 0.3) is 23.2 Å². The summed E-state index contributed by atoms with van der Waals surface area (Å²) in [7, 11) is 3.30. The number of aromatic nitrogens is 5. The fraction of sp³-hybridized carbons (Fsp3) is 0.100. The van der Waals surface area contributed by atoms with Gasteiger partial charge in [0, 0.05) is 49.0 Å². The molecule has 8 heteroatoms. The van der Waals surface area contributed by atoms with Gasteiger partial charge in [-0.15, -0.1) is 0 Å². The summed E-state index contributed by atoms with van der Waals surface area (Å²) in [5.41, 5.74) is 2.87. The largest absolute Gasteiger partial charge is 0.481 e. The van der Waals surface area contributed by atoms with Crippen LogP contribution in [0.2, 0.25) is 0 Å². The summed E-state index contributed by atoms with van der Waals surface area (Å²) in [6, 6.07) is 9.77. The second-order valence-corrected chi connectivity index (χ2v) is 5.97. The fourth-order valence-electron chi connectivity index (χ4n) is 2.79. The van der Waals surface area contributed by atoms with E-state index in [2.05, 4.69) is 30.5 Å². The van der Waals surface area contributed by atoms with Crippen LogP contribution in [0.3, 0.4) is 0 Å². The van der Waals surface area contributed by atoms with Crippen molar-refractivity contribution in [1.29, 1.82) is 0 Å². The highest BCUT2D eigenvalue weighted by Crippen LogP contribution is 2.16. The molecule has 0 bridgehead atoms. The van der Waals surface area contributed by atoms with Gasteiger partial charge in [-0.1, -0.05) is 12.1 Å². The zero-order valence-electron chi connectivity index (χ0n) is 15.5. The summed E-state index contributed by atoms with van der Waals surface area (Å²) < 4.78 is 7.07. The Morgan fingerprint density at radius 3 is 3.00 bits per heavy atom. The van der Waals surface area contributed by atoms with Crippen molar-refractivity contribution in [2.45, 2.75) is 0 Å². The van der Waals surface area contributed by atoms with Crippen LogP contribution in [0.15, 0.2) is 60.1 Å². The number of imidazole rings is 1. The van der Waals surface area contributed by atoms with Gasteiger partial charge in [-0.2, -0.15) is 5.10 Å². The molecule has 0 atom stereocenters. The number of fused-ring (bicyclic) bond motifs is 1. The average molecular weight is 373 g/mol. The molecule has 8 nitrogen and oxygen atoms in total. The van der Waals surface area contributed by atoms with Crippen LogP contribution in [-0.2, 0) is 0 Å². The van der Waals surface area contributed by atoms with Crippen molar-refractivity contribution < 1.29 is 4.74 Å². The molecule has 2 N–H and O–H groups in total. The summed E-state index contributed by atoms with van der Waals surface area (Å²) in [5.74, 6) is 1.85. The lowest BCUT2D eigenvalue weighted by Gasteiger charge is -2.10. The normalized spacial score (nSPS) is 12.0.